The van der Waals surface area contributed by atoms with Gasteiger partial charge in [0.05, 0.1) is 13.2 Å². The maximum atomic E-state index is 5.76. The van der Waals surface area contributed by atoms with Gasteiger partial charge in [0.2, 0.25) is 0 Å². The minimum Gasteiger partial charge on any atom is -0.370 e. The van der Waals surface area contributed by atoms with E-state index in [9.17, 15) is 0 Å². The summed E-state index contributed by atoms with van der Waals surface area (Å²) in [6.07, 6.45) is 0.608. The van der Waals surface area contributed by atoms with Crippen molar-refractivity contribution >= 4 is 0 Å². The lowest BCUT2D eigenvalue weighted by atomic mass is 10.1. The van der Waals surface area contributed by atoms with E-state index in [1.807, 2.05) is 13.8 Å². The Bertz CT molecular complexity index is 198. The first-order valence-corrected chi connectivity index (χ1v) is 4.74. The van der Waals surface area contributed by atoms with Crippen LogP contribution >= 0.6 is 0 Å². The van der Waals surface area contributed by atoms with Crippen molar-refractivity contribution in [2.24, 2.45) is 0 Å². The zero-order valence-corrected chi connectivity index (χ0v) is 7.86. The molecule has 4 heteroatoms. The smallest absolute Gasteiger partial charge is 0.164 e. The van der Waals surface area contributed by atoms with Gasteiger partial charge in [0, 0.05) is 0 Å². The van der Waals surface area contributed by atoms with Gasteiger partial charge in [-0.2, -0.15) is 0 Å². The van der Waals surface area contributed by atoms with Gasteiger partial charge < -0.3 is 18.9 Å². The lowest BCUT2D eigenvalue weighted by Gasteiger charge is -2.16. The molecular formula is C9H14O4. The molecule has 3 heterocycles. The van der Waals surface area contributed by atoms with Gasteiger partial charge in [-0.15, -0.1) is 0 Å². The Kier molecular flexibility index (Phi) is 1.54. The SMILES string of the molecule is CC1(C)OC(C2CO2)[C@@H](C2CO2)O1. The third kappa shape index (κ3) is 1.48. The summed E-state index contributed by atoms with van der Waals surface area (Å²) in [6.45, 7) is 5.47. The minimum atomic E-state index is -0.479. The standard InChI is InChI=1S/C9H14O4/c1-9(2)12-7(5-3-10-5)8(13-9)6-4-11-6/h5-8H,3-4H2,1-2H3/t5?,6?,7-,8?/m1/s1. The third-order valence-corrected chi connectivity index (χ3v) is 2.61. The Morgan fingerprint density at radius 3 is 1.62 bits per heavy atom. The summed E-state index contributed by atoms with van der Waals surface area (Å²) in [5.74, 6) is -0.479. The van der Waals surface area contributed by atoms with Crippen LogP contribution in [0.25, 0.3) is 0 Å². The van der Waals surface area contributed by atoms with Crippen LogP contribution in [0.15, 0.2) is 0 Å². The predicted octanol–water partition coefficient (Wildman–Crippen LogP) is 0.304. The summed E-state index contributed by atoms with van der Waals surface area (Å²) in [5, 5.41) is 0. The molecule has 0 aliphatic carbocycles. The summed E-state index contributed by atoms with van der Waals surface area (Å²) in [6, 6.07) is 0. The van der Waals surface area contributed by atoms with E-state index < -0.39 is 5.79 Å². The predicted molar refractivity (Wildman–Crippen MR) is 43.3 cm³/mol. The van der Waals surface area contributed by atoms with Crippen molar-refractivity contribution in [3.8, 4) is 0 Å². The number of epoxide rings is 2. The molecule has 3 aliphatic heterocycles. The molecule has 74 valence electrons. The van der Waals surface area contributed by atoms with Crippen molar-refractivity contribution < 1.29 is 18.9 Å². The van der Waals surface area contributed by atoms with Crippen molar-refractivity contribution in [2.75, 3.05) is 13.2 Å². The highest BCUT2D eigenvalue weighted by Crippen LogP contribution is 2.39. The fraction of sp³-hybridized carbons (Fsp3) is 1.00. The molecule has 0 bridgehead atoms. The summed E-state index contributed by atoms with van der Waals surface area (Å²) < 4.78 is 22.0. The zero-order chi connectivity index (χ0) is 9.05. The van der Waals surface area contributed by atoms with Gasteiger partial charge in [0.1, 0.15) is 24.4 Å². The highest BCUT2D eigenvalue weighted by Gasteiger charge is 2.55. The summed E-state index contributed by atoms with van der Waals surface area (Å²) in [5.41, 5.74) is 0. The molecule has 3 rings (SSSR count). The maximum Gasteiger partial charge on any atom is 0.164 e. The molecule has 0 spiro atoms. The van der Waals surface area contributed by atoms with E-state index in [2.05, 4.69) is 0 Å². The van der Waals surface area contributed by atoms with Crippen molar-refractivity contribution in [1.82, 2.24) is 0 Å². The molecule has 4 nitrogen and oxygen atoms in total. The second kappa shape index (κ2) is 2.45. The molecule has 0 radical (unpaired) electrons. The van der Waals surface area contributed by atoms with Crippen molar-refractivity contribution in [3.05, 3.63) is 0 Å². The average molecular weight is 186 g/mol. The van der Waals surface area contributed by atoms with E-state index in [-0.39, 0.29) is 24.4 Å². The monoisotopic (exact) mass is 186 g/mol. The zero-order valence-electron chi connectivity index (χ0n) is 7.86. The summed E-state index contributed by atoms with van der Waals surface area (Å²) >= 11 is 0. The van der Waals surface area contributed by atoms with Gasteiger partial charge in [-0.1, -0.05) is 0 Å². The van der Waals surface area contributed by atoms with E-state index >= 15 is 0 Å². The Morgan fingerprint density at radius 2 is 1.31 bits per heavy atom. The quantitative estimate of drug-likeness (QED) is 0.582. The van der Waals surface area contributed by atoms with Crippen molar-refractivity contribution in [2.45, 2.75) is 44.1 Å². The van der Waals surface area contributed by atoms with Crippen LogP contribution in [-0.4, -0.2) is 43.4 Å². The molecule has 0 amide bonds. The van der Waals surface area contributed by atoms with Gasteiger partial charge in [0.25, 0.3) is 0 Å². The average Bonchev–Trinajstić information content (AvgIpc) is 2.90. The molecule has 0 aromatic carbocycles. The third-order valence-electron chi connectivity index (χ3n) is 2.61. The van der Waals surface area contributed by atoms with Gasteiger partial charge >= 0.3 is 0 Å². The van der Waals surface area contributed by atoms with Crippen LogP contribution in [-0.2, 0) is 18.9 Å². The number of hydrogen-bond donors (Lipinski definition) is 0. The van der Waals surface area contributed by atoms with Gasteiger partial charge in [-0.3, -0.25) is 0 Å². The second-order valence-corrected chi connectivity index (χ2v) is 4.31. The van der Waals surface area contributed by atoms with Gasteiger partial charge in [0.15, 0.2) is 5.79 Å². The Balaban J connectivity index is 1.75. The molecule has 3 aliphatic rings. The first-order valence-electron chi connectivity index (χ1n) is 4.74. The number of ether oxygens (including phenoxy) is 4. The minimum absolute atomic E-state index is 0.0718. The maximum absolute atomic E-state index is 5.76. The Hall–Kier alpha value is -0.160. The van der Waals surface area contributed by atoms with Crippen LogP contribution in [0.1, 0.15) is 13.8 Å². The van der Waals surface area contributed by atoms with Crippen LogP contribution in [0.4, 0.5) is 0 Å². The fourth-order valence-electron chi connectivity index (χ4n) is 1.88. The Labute approximate surface area is 77.1 Å². The molecule has 0 saturated carbocycles. The first kappa shape index (κ1) is 8.17. The van der Waals surface area contributed by atoms with Crippen LogP contribution in [0.3, 0.4) is 0 Å². The molecule has 4 atom stereocenters. The number of hydrogen-bond acceptors (Lipinski definition) is 4. The molecular weight excluding hydrogens is 172 g/mol. The Morgan fingerprint density at radius 1 is 0.923 bits per heavy atom. The second-order valence-electron chi connectivity index (χ2n) is 4.31. The molecule has 0 aromatic heterocycles. The highest BCUT2D eigenvalue weighted by molar-refractivity contribution is 4.98. The normalized spacial score (nSPS) is 52.2. The molecule has 3 unspecified atom stereocenters. The van der Waals surface area contributed by atoms with Crippen LogP contribution in [0.5, 0.6) is 0 Å². The molecule has 0 aromatic rings. The lowest BCUT2D eigenvalue weighted by molar-refractivity contribution is -0.149. The molecule has 0 N–H and O–H groups in total. The molecule has 13 heavy (non-hydrogen) atoms. The summed E-state index contributed by atoms with van der Waals surface area (Å²) in [4.78, 5) is 0. The van der Waals surface area contributed by atoms with Crippen LogP contribution in [0, 0.1) is 0 Å². The van der Waals surface area contributed by atoms with Crippen LogP contribution in [0.2, 0.25) is 0 Å². The van der Waals surface area contributed by atoms with Gasteiger partial charge in [-0.05, 0) is 13.8 Å². The van der Waals surface area contributed by atoms with Crippen LogP contribution < -0.4 is 0 Å². The van der Waals surface area contributed by atoms with E-state index in [4.69, 9.17) is 18.9 Å². The number of rotatable bonds is 2. The van der Waals surface area contributed by atoms with Crippen molar-refractivity contribution in [3.63, 3.8) is 0 Å². The molecule has 3 saturated heterocycles. The fourth-order valence-corrected chi connectivity index (χ4v) is 1.88. The van der Waals surface area contributed by atoms with E-state index in [1.54, 1.807) is 0 Å². The van der Waals surface area contributed by atoms with E-state index in [0.29, 0.717) is 0 Å². The van der Waals surface area contributed by atoms with Crippen molar-refractivity contribution in [1.29, 1.82) is 0 Å². The van der Waals surface area contributed by atoms with Gasteiger partial charge in [-0.25, -0.2) is 0 Å². The van der Waals surface area contributed by atoms with E-state index in [0.717, 1.165) is 13.2 Å². The highest BCUT2D eigenvalue weighted by atomic mass is 16.8. The first-order chi connectivity index (χ1) is 6.16. The topological polar surface area (TPSA) is 43.5 Å². The largest absolute Gasteiger partial charge is 0.370 e. The summed E-state index contributed by atoms with van der Waals surface area (Å²) in [7, 11) is 0. The lowest BCUT2D eigenvalue weighted by Crippen LogP contribution is -2.32. The van der Waals surface area contributed by atoms with E-state index in [1.165, 1.54) is 0 Å². The molecule has 3 fully saturated rings.